The second-order valence-corrected chi connectivity index (χ2v) is 12.9. The highest BCUT2D eigenvalue weighted by molar-refractivity contribution is 7.92. The molecule has 0 spiro atoms. The zero-order valence-corrected chi connectivity index (χ0v) is 20.6. The molecule has 0 N–H and O–H groups in total. The second-order valence-electron chi connectivity index (χ2n) is 8.49. The number of hydrogen-bond donors (Lipinski definition) is 0. The molecule has 1 aliphatic heterocycles. The molecule has 1 aliphatic rings. The van der Waals surface area contributed by atoms with E-state index < -0.39 is 64.1 Å². The predicted molar refractivity (Wildman–Crippen MR) is 112 cm³/mol. The van der Waals surface area contributed by atoms with Gasteiger partial charge in [0.05, 0.1) is 20.9 Å². The lowest BCUT2D eigenvalue weighted by molar-refractivity contribution is -0.137. The summed E-state index contributed by atoms with van der Waals surface area (Å²) in [6.07, 6.45) is -11.4. The fraction of sp³-hybridized carbons (Fsp3) is 0.550. The maximum absolute atomic E-state index is 13.4. The normalized spacial score (nSPS) is 22.1. The Hall–Kier alpha value is -2.17. The van der Waals surface area contributed by atoms with Gasteiger partial charge in [-0.3, -0.25) is 0 Å². The van der Waals surface area contributed by atoms with E-state index >= 15 is 0 Å². The van der Waals surface area contributed by atoms with Gasteiger partial charge in [-0.05, 0) is 38.0 Å². The van der Waals surface area contributed by atoms with Gasteiger partial charge in [0.15, 0.2) is 20.6 Å². The summed E-state index contributed by atoms with van der Waals surface area (Å²) >= 11 is 0. The van der Waals surface area contributed by atoms with Gasteiger partial charge in [-0.1, -0.05) is 6.07 Å². The van der Waals surface area contributed by atoms with Gasteiger partial charge in [-0.15, -0.1) is 0 Å². The SMILES string of the molecule is COCn1nc(S(=O)(=O)CC(F)(F)F)cc1C1CC(C)(S(=O)(=O)c2cccc(C(F)(F)F)c2)CCO1. The summed E-state index contributed by atoms with van der Waals surface area (Å²) in [5.41, 5.74) is -1.20. The zero-order chi connectivity index (χ0) is 27.2. The summed E-state index contributed by atoms with van der Waals surface area (Å²) in [5.74, 6) is -2.16. The van der Waals surface area contributed by atoms with Crippen LogP contribution >= 0.6 is 0 Å². The quantitative estimate of drug-likeness (QED) is 0.470. The average Bonchev–Trinajstić information content (AvgIpc) is 3.17. The van der Waals surface area contributed by atoms with Gasteiger partial charge in [0.25, 0.3) is 0 Å². The molecule has 2 atom stereocenters. The minimum atomic E-state index is -5.02. The van der Waals surface area contributed by atoms with Crippen LogP contribution in [0.2, 0.25) is 0 Å². The molecule has 1 fully saturated rings. The molecular formula is C20H22F6N2O6S2. The van der Waals surface area contributed by atoms with E-state index in [0.717, 1.165) is 28.9 Å². The molecule has 2 aromatic rings. The second kappa shape index (κ2) is 9.61. The van der Waals surface area contributed by atoms with E-state index in [4.69, 9.17) is 9.47 Å². The maximum atomic E-state index is 13.4. The van der Waals surface area contributed by atoms with Crippen LogP contribution in [-0.4, -0.2) is 57.0 Å². The summed E-state index contributed by atoms with van der Waals surface area (Å²) in [6.45, 7) is 0.756. The van der Waals surface area contributed by atoms with Gasteiger partial charge in [-0.25, -0.2) is 21.5 Å². The number of ether oxygens (including phenoxy) is 2. The van der Waals surface area contributed by atoms with Crippen LogP contribution in [0, 0.1) is 0 Å². The Kier molecular flexibility index (Phi) is 7.58. The minimum absolute atomic E-state index is 0.0530. The van der Waals surface area contributed by atoms with Crippen LogP contribution in [0.25, 0.3) is 0 Å². The third kappa shape index (κ3) is 5.86. The number of sulfone groups is 2. The molecule has 8 nitrogen and oxygen atoms in total. The van der Waals surface area contributed by atoms with E-state index in [9.17, 15) is 43.2 Å². The number of nitrogens with zero attached hydrogens (tertiary/aromatic N) is 2. The molecule has 1 aromatic heterocycles. The molecule has 0 amide bonds. The summed E-state index contributed by atoms with van der Waals surface area (Å²) < 4.78 is 139. The number of alkyl halides is 6. The highest BCUT2D eigenvalue weighted by atomic mass is 32.2. The standard InChI is InChI=1S/C20H22F6N2O6S2/c1-18(36(31,32)14-5-3-4-13(8-14)20(24,25)26)6-7-34-16(10-18)15-9-17(27-28(15)12-33-2)35(29,30)11-19(21,22)23/h3-5,8-9,16H,6-7,10-12H2,1-2H3. The molecule has 3 rings (SSSR count). The van der Waals surface area contributed by atoms with Crippen LogP contribution < -0.4 is 0 Å². The molecular weight excluding hydrogens is 542 g/mol. The highest BCUT2D eigenvalue weighted by Crippen LogP contribution is 2.43. The van der Waals surface area contributed by atoms with Crippen molar-refractivity contribution in [2.24, 2.45) is 0 Å². The van der Waals surface area contributed by atoms with Crippen molar-refractivity contribution in [2.45, 2.75) is 59.6 Å². The number of benzene rings is 1. The van der Waals surface area contributed by atoms with Crippen molar-refractivity contribution in [2.75, 3.05) is 19.5 Å². The van der Waals surface area contributed by atoms with E-state index in [-0.39, 0.29) is 31.9 Å². The van der Waals surface area contributed by atoms with Crippen LogP contribution in [0.5, 0.6) is 0 Å². The smallest absolute Gasteiger partial charge is 0.372 e. The first-order valence-electron chi connectivity index (χ1n) is 10.3. The van der Waals surface area contributed by atoms with Crippen LogP contribution in [-0.2, 0) is 42.1 Å². The molecule has 2 unspecified atom stereocenters. The maximum Gasteiger partial charge on any atom is 0.416 e. The monoisotopic (exact) mass is 564 g/mol. The summed E-state index contributed by atoms with van der Waals surface area (Å²) in [6, 6.07) is 4.13. The molecule has 2 heterocycles. The highest BCUT2D eigenvalue weighted by Gasteiger charge is 2.47. The first-order valence-corrected chi connectivity index (χ1v) is 13.4. The Morgan fingerprint density at radius 1 is 1.14 bits per heavy atom. The van der Waals surface area contributed by atoms with Crippen LogP contribution in [0.3, 0.4) is 0 Å². The fourth-order valence-electron chi connectivity index (χ4n) is 3.86. The number of halogens is 6. The van der Waals surface area contributed by atoms with Crippen molar-refractivity contribution in [3.63, 3.8) is 0 Å². The van der Waals surface area contributed by atoms with Crippen molar-refractivity contribution in [3.05, 3.63) is 41.6 Å². The fourth-order valence-corrected chi connectivity index (χ4v) is 6.79. The van der Waals surface area contributed by atoms with E-state index in [1.54, 1.807) is 0 Å². The van der Waals surface area contributed by atoms with Crippen molar-refractivity contribution in [3.8, 4) is 0 Å². The Balaban J connectivity index is 2.00. The summed E-state index contributed by atoms with van der Waals surface area (Å²) in [4.78, 5) is -0.556. The largest absolute Gasteiger partial charge is 0.416 e. The van der Waals surface area contributed by atoms with E-state index in [2.05, 4.69) is 5.10 Å². The van der Waals surface area contributed by atoms with Gasteiger partial charge in [0.1, 0.15) is 12.8 Å². The van der Waals surface area contributed by atoms with Crippen molar-refractivity contribution < 1.29 is 52.7 Å². The van der Waals surface area contributed by atoms with E-state index in [1.807, 2.05) is 0 Å². The van der Waals surface area contributed by atoms with Gasteiger partial charge in [0, 0.05) is 19.8 Å². The Bertz CT molecular complexity index is 1320. The number of hydrogen-bond acceptors (Lipinski definition) is 7. The van der Waals surface area contributed by atoms with Crippen molar-refractivity contribution in [1.29, 1.82) is 0 Å². The molecule has 202 valence electrons. The first-order chi connectivity index (χ1) is 16.4. The molecule has 16 heteroatoms. The molecule has 0 bridgehead atoms. The third-order valence-electron chi connectivity index (χ3n) is 5.73. The van der Waals surface area contributed by atoms with Crippen molar-refractivity contribution >= 4 is 19.7 Å². The number of methoxy groups -OCH3 is 1. The Morgan fingerprint density at radius 3 is 2.39 bits per heavy atom. The van der Waals surface area contributed by atoms with E-state index in [1.165, 1.54) is 14.0 Å². The van der Waals surface area contributed by atoms with Crippen LogP contribution in [0.15, 0.2) is 40.3 Å². The van der Waals surface area contributed by atoms with Gasteiger partial charge < -0.3 is 9.47 Å². The Morgan fingerprint density at radius 2 is 1.81 bits per heavy atom. The topological polar surface area (TPSA) is 105 Å². The van der Waals surface area contributed by atoms with Gasteiger partial charge in [-0.2, -0.15) is 31.4 Å². The van der Waals surface area contributed by atoms with E-state index in [0.29, 0.717) is 6.07 Å². The summed E-state index contributed by atoms with van der Waals surface area (Å²) in [5, 5.41) is 2.79. The lowest BCUT2D eigenvalue weighted by atomic mass is 9.95. The van der Waals surface area contributed by atoms with Crippen LogP contribution in [0.4, 0.5) is 26.3 Å². The number of aromatic nitrogens is 2. The zero-order valence-electron chi connectivity index (χ0n) is 18.9. The minimum Gasteiger partial charge on any atom is -0.372 e. The number of rotatable bonds is 7. The molecule has 1 saturated heterocycles. The third-order valence-corrected chi connectivity index (χ3v) is 9.82. The van der Waals surface area contributed by atoms with Gasteiger partial charge >= 0.3 is 12.4 Å². The predicted octanol–water partition coefficient (Wildman–Crippen LogP) is 3.93. The Labute approximate surface area is 203 Å². The van der Waals surface area contributed by atoms with Gasteiger partial charge in [0.2, 0.25) is 9.84 Å². The van der Waals surface area contributed by atoms with Crippen molar-refractivity contribution in [1.82, 2.24) is 9.78 Å². The first kappa shape index (κ1) is 28.4. The van der Waals surface area contributed by atoms with Crippen LogP contribution in [0.1, 0.15) is 37.1 Å². The molecule has 1 aromatic carbocycles. The lowest BCUT2D eigenvalue weighted by Gasteiger charge is -2.37. The lowest BCUT2D eigenvalue weighted by Crippen LogP contribution is -2.42. The molecule has 0 saturated carbocycles. The molecule has 0 radical (unpaired) electrons. The molecule has 0 aliphatic carbocycles. The summed E-state index contributed by atoms with van der Waals surface area (Å²) in [7, 11) is -8.03. The molecule has 36 heavy (non-hydrogen) atoms. The average molecular weight is 565 g/mol.